The summed E-state index contributed by atoms with van der Waals surface area (Å²) in [5.74, 6) is 0. The van der Waals surface area contributed by atoms with Gasteiger partial charge in [0.2, 0.25) is 0 Å². The van der Waals surface area contributed by atoms with Crippen molar-refractivity contribution in [3.8, 4) is 0 Å². The third-order valence-corrected chi connectivity index (χ3v) is 2.73. The Morgan fingerprint density at radius 1 is 1.23 bits per heavy atom. The molecule has 0 radical (unpaired) electrons. The second-order valence-electron chi connectivity index (χ2n) is 2.70. The summed E-state index contributed by atoms with van der Waals surface area (Å²) in [6, 6.07) is 6.10. The first-order valence-corrected chi connectivity index (χ1v) is 5.51. The lowest BCUT2D eigenvalue weighted by Gasteiger charge is -1.98. The van der Waals surface area contributed by atoms with E-state index in [4.69, 9.17) is 0 Å². The van der Waals surface area contributed by atoms with E-state index in [-0.39, 0.29) is 11.4 Å². The van der Waals surface area contributed by atoms with Crippen LogP contribution in [0, 0.1) is 4.91 Å². The van der Waals surface area contributed by atoms with Crippen LogP contribution in [0.3, 0.4) is 0 Å². The van der Waals surface area contributed by atoms with Gasteiger partial charge in [-0.25, -0.2) is 8.42 Å². The maximum absolute atomic E-state index is 11.0. The molecule has 1 aromatic carbocycles. The first kappa shape index (κ1) is 9.85. The molecule has 1 aromatic rings. The molecule has 0 aliphatic heterocycles. The second-order valence-corrected chi connectivity index (χ2v) is 4.72. The maximum atomic E-state index is 11.0. The van der Waals surface area contributed by atoms with E-state index in [1.807, 2.05) is 0 Å². The molecule has 13 heavy (non-hydrogen) atoms. The number of hydrogen-bond donors (Lipinski definition) is 0. The second kappa shape index (κ2) is 3.66. The lowest BCUT2D eigenvalue weighted by molar-refractivity contribution is 0.602. The molecule has 0 saturated carbocycles. The molecule has 0 unspecified atom stereocenters. The molecular weight excluding hydrogens is 190 g/mol. The van der Waals surface area contributed by atoms with E-state index >= 15 is 0 Å². The van der Waals surface area contributed by atoms with Gasteiger partial charge in [-0.05, 0) is 17.7 Å². The van der Waals surface area contributed by atoms with E-state index in [0.29, 0.717) is 5.56 Å². The summed E-state index contributed by atoms with van der Waals surface area (Å²) in [6.45, 7) is 0.0735. The third kappa shape index (κ3) is 2.62. The van der Waals surface area contributed by atoms with Crippen LogP contribution in [0.2, 0.25) is 0 Å². The van der Waals surface area contributed by atoms with Crippen LogP contribution in [0.5, 0.6) is 0 Å². The van der Waals surface area contributed by atoms with Crippen molar-refractivity contribution >= 4 is 9.84 Å². The van der Waals surface area contributed by atoms with Crippen LogP contribution in [0.25, 0.3) is 0 Å². The lowest BCUT2D eigenvalue weighted by Crippen LogP contribution is -1.96. The van der Waals surface area contributed by atoms with Gasteiger partial charge in [0.25, 0.3) is 0 Å². The first-order chi connectivity index (χ1) is 6.04. The molecule has 0 fully saturated rings. The summed E-state index contributed by atoms with van der Waals surface area (Å²) in [5, 5.41) is 2.70. The Morgan fingerprint density at radius 3 is 2.15 bits per heavy atom. The van der Waals surface area contributed by atoms with Crippen molar-refractivity contribution < 1.29 is 8.42 Å². The molecule has 0 spiro atoms. The highest BCUT2D eigenvalue weighted by Crippen LogP contribution is 2.10. The SMILES string of the molecule is CS(=O)(=O)c1ccc(CN=O)cc1. The Hall–Kier alpha value is -1.23. The average Bonchev–Trinajstić information content (AvgIpc) is 2.04. The van der Waals surface area contributed by atoms with Gasteiger partial charge < -0.3 is 0 Å². The normalized spacial score (nSPS) is 11.2. The standard InChI is InChI=1S/C8H9NO3S/c1-13(11,12)8-4-2-7(3-5-8)6-9-10/h2-5H,6H2,1H3. The van der Waals surface area contributed by atoms with Crippen LogP contribution in [0.1, 0.15) is 5.56 Å². The van der Waals surface area contributed by atoms with Gasteiger partial charge >= 0.3 is 0 Å². The minimum Gasteiger partial charge on any atom is -0.224 e. The van der Waals surface area contributed by atoms with Gasteiger partial charge in [0, 0.05) is 6.26 Å². The van der Waals surface area contributed by atoms with Gasteiger partial charge in [0.15, 0.2) is 9.84 Å². The number of hydrogen-bond acceptors (Lipinski definition) is 4. The van der Waals surface area contributed by atoms with Crippen LogP contribution in [-0.4, -0.2) is 14.7 Å². The number of benzene rings is 1. The quantitative estimate of drug-likeness (QED) is 0.690. The van der Waals surface area contributed by atoms with E-state index in [2.05, 4.69) is 5.18 Å². The van der Waals surface area contributed by atoms with E-state index in [9.17, 15) is 13.3 Å². The van der Waals surface area contributed by atoms with E-state index in [1.54, 1.807) is 12.1 Å². The van der Waals surface area contributed by atoms with E-state index < -0.39 is 9.84 Å². The Balaban J connectivity index is 3.01. The fourth-order valence-corrected chi connectivity index (χ4v) is 1.55. The van der Waals surface area contributed by atoms with Crippen molar-refractivity contribution in [3.63, 3.8) is 0 Å². The van der Waals surface area contributed by atoms with Crippen LogP contribution in [0.15, 0.2) is 34.3 Å². The highest BCUT2D eigenvalue weighted by atomic mass is 32.2. The molecule has 0 saturated heterocycles. The minimum absolute atomic E-state index is 0.0735. The molecule has 0 heterocycles. The van der Waals surface area contributed by atoms with Crippen molar-refractivity contribution in [2.45, 2.75) is 11.4 Å². The van der Waals surface area contributed by atoms with Gasteiger partial charge in [0.1, 0.15) is 6.54 Å². The summed E-state index contributed by atoms with van der Waals surface area (Å²) in [5.41, 5.74) is 0.711. The summed E-state index contributed by atoms with van der Waals surface area (Å²) >= 11 is 0. The Kier molecular flexibility index (Phi) is 2.77. The molecule has 0 N–H and O–H groups in total. The van der Waals surface area contributed by atoms with E-state index in [1.165, 1.54) is 12.1 Å². The van der Waals surface area contributed by atoms with E-state index in [0.717, 1.165) is 6.26 Å². The zero-order chi connectivity index (χ0) is 9.90. The summed E-state index contributed by atoms with van der Waals surface area (Å²) in [6.07, 6.45) is 1.14. The Labute approximate surface area is 76.5 Å². The zero-order valence-electron chi connectivity index (χ0n) is 7.10. The first-order valence-electron chi connectivity index (χ1n) is 3.62. The Bertz CT molecular complexity index is 394. The summed E-state index contributed by atoms with van der Waals surface area (Å²) < 4.78 is 22.0. The molecule has 0 amide bonds. The van der Waals surface area contributed by atoms with Gasteiger partial charge in [-0.15, -0.1) is 0 Å². The predicted octanol–water partition coefficient (Wildman–Crippen LogP) is 1.36. The number of sulfone groups is 1. The lowest BCUT2D eigenvalue weighted by atomic mass is 10.2. The monoisotopic (exact) mass is 199 g/mol. The molecular formula is C8H9NO3S. The molecule has 4 nitrogen and oxygen atoms in total. The van der Waals surface area contributed by atoms with Gasteiger partial charge in [-0.3, -0.25) is 0 Å². The minimum atomic E-state index is -3.14. The molecule has 0 bridgehead atoms. The molecule has 0 aliphatic carbocycles. The zero-order valence-corrected chi connectivity index (χ0v) is 7.91. The Morgan fingerprint density at radius 2 is 1.77 bits per heavy atom. The highest BCUT2D eigenvalue weighted by Gasteiger charge is 2.05. The van der Waals surface area contributed by atoms with Crippen molar-refractivity contribution in [1.82, 2.24) is 0 Å². The van der Waals surface area contributed by atoms with Gasteiger partial charge in [-0.1, -0.05) is 17.3 Å². The predicted molar refractivity (Wildman–Crippen MR) is 49.1 cm³/mol. The largest absolute Gasteiger partial charge is 0.224 e. The van der Waals surface area contributed by atoms with Gasteiger partial charge in [0.05, 0.1) is 4.90 Å². The van der Waals surface area contributed by atoms with Crippen LogP contribution in [0.4, 0.5) is 0 Å². The number of nitrogens with zero attached hydrogens (tertiary/aromatic N) is 1. The van der Waals surface area contributed by atoms with Crippen LogP contribution < -0.4 is 0 Å². The van der Waals surface area contributed by atoms with Gasteiger partial charge in [-0.2, -0.15) is 4.91 Å². The van der Waals surface area contributed by atoms with Crippen LogP contribution in [-0.2, 0) is 16.4 Å². The fraction of sp³-hybridized carbons (Fsp3) is 0.250. The van der Waals surface area contributed by atoms with Crippen molar-refractivity contribution in [2.24, 2.45) is 5.18 Å². The molecule has 1 rings (SSSR count). The molecule has 0 aromatic heterocycles. The highest BCUT2D eigenvalue weighted by molar-refractivity contribution is 7.90. The topological polar surface area (TPSA) is 63.6 Å². The average molecular weight is 199 g/mol. The number of nitroso groups, excluding NO2 is 1. The molecule has 5 heteroatoms. The molecule has 0 aliphatic rings. The van der Waals surface area contributed by atoms with Crippen molar-refractivity contribution in [2.75, 3.05) is 6.26 Å². The molecule has 0 atom stereocenters. The molecule has 70 valence electrons. The van der Waals surface area contributed by atoms with Crippen molar-refractivity contribution in [3.05, 3.63) is 34.7 Å². The summed E-state index contributed by atoms with van der Waals surface area (Å²) in [7, 11) is -3.14. The fourth-order valence-electron chi connectivity index (χ4n) is 0.917. The third-order valence-electron chi connectivity index (χ3n) is 1.60. The van der Waals surface area contributed by atoms with Crippen molar-refractivity contribution in [1.29, 1.82) is 0 Å². The summed E-state index contributed by atoms with van der Waals surface area (Å²) in [4.78, 5) is 10.1. The van der Waals surface area contributed by atoms with Crippen LogP contribution >= 0.6 is 0 Å². The number of rotatable bonds is 3. The smallest absolute Gasteiger partial charge is 0.175 e. The maximum Gasteiger partial charge on any atom is 0.175 e.